The molecule has 7 heteroatoms. The number of carbonyl (C=O) groups is 3. The number of nitriles is 1. The van der Waals surface area contributed by atoms with Gasteiger partial charge in [-0.3, -0.25) is 14.4 Å². The number of hydrogen-bond donors (Lipinski definition) is 0. The molecule has 0 N–H and O–H groups in total. The zero-order valence-electron chi connectivity index (χ0n) is 20.5. The van der Waals surface area contributed by atoms with Crippen molar-refractivity contribution >= 4 is 17.8 Å². The molecule has 1 aliphatic heterocycles. The van der Waals surface area contributed by atoms with Gasteiger partial charge in [0.25, 0.3) is 0 Å². The molecule has 0 aliphatic carbocycles. The van der Waals surface area contributed by atoms with E-state index in [0.29, 0.717) is 32.2 Å². The van der Waals surface area contributed by atoms with Crippen LogP contribution in [0.2, 0.25) is 0 Å². The first-order valence-corrected chi connectivity index (χ1v) is 11.3. The number of rotatable bonds is 9. The van der Waals surface area contributed by atoms with E-state index in [1.807, 2.05) is 18.7 Å². The molecule has 0 aromatic heterocycles. The van der Waals surface area contributed by atoms with Gasteiger partial charge in [0.1, 0.15) is 11.2 Å². The van der Waals surface area contributed by atoms with E-state index in [1.54, 1.807) is 41.5 Å². The van der Waals surface area contributed by atoms with Crippen LogP contribution in [0.3, 0.4) is 0 Å². The average molecular weight is 437 g/mol. The molecule has 31 heavy (non-hydrogen) atoms. The highest BCUT2D eigenvalue weighted by atomic mass is 16.6. The predicted molar refractivity (Wildman–Crippen MR) is 118 cm³/mol. The van der Waals surface area contributed by atoms with Gasteiger partial charge < -0.3 is 14.4 Å². The summed E-state index contributed by atoms with van der Waals surface area (Å²) < 4.78 is 11.0. The molecule has 0 radical (unpaired) electrons. The Morgan fingerprint density at radius 1 is 1.10 bits per heavy atom. The maximum absolute atomic E-state index is 13.0. The van der Waals surface area contributed by atoms with E-state index < -0.39 is 29.1 Å². The zero-order chi connectivity index (χ0) is 24.0. The molecule has 1 rings (SSSR count). The SMILES string of the molecule is CC(C)CN1C(=O)[C@H](CCCC#N)C[C@H]1CC(C(=O)OC(C)(C)C)C(=O)OC(C)(C)C. The molecular formula is C24H40N2O5. The Bertz CT molecular complexity index is 654. The Kier molecular flexibility index (Phi) is 9.53. The fourth-order valence-electron chi connectivity index (χ4n) is 3.80. The maximum atomic E-state index is 13.0. The first kappa shape index (κ1) is 26.9. The fraction of sp³-hybridized carbons (Fsp3) is 0.833. The number of unbranched alkanes of at least 4 members (excludes halogenated alkanes) is 1. The lowest BCUT2D eigenvalue weighted by Gasteiger charge is -2.31. The third-order valence-corrected chi connectivity index (χ3v) is 4.92. The van der Waals surface area contributed by atoms with Crippen molar-refractivity contribution < 1.29 is 23.9 Å². The molecule has 0 aromatic rings. The third kappa shape index (κ3) is 9.28. The van der Waals surface area contributed by atoms with Gasteiger partial charge in [0.2, 0.25) is 5.91 Å². The van der Waals surface area contributed by atoms with Crippen molar-refractivity contribution in [2.75, 3.05) is 6.54 Å². The second-order valence-electron chi connectivity index (χ2n) is 10.9. The normalized spacial score (nSPS) is 19.6. The molecular weight excluding hydrogens is 396 g/mol. The van der Waals surface area contributed by atoms with E-state index in [9.17, 15) is 14.4 Å². The van der Waals surface area contributed by atoms with Crippen LogP contribution in [0.15, 0.2) is 0 Å². The maximum Gasteiger partial charge on any atom is 0.320 e. The Hall–Kier alpha value is -2.10. The summed E-state index contributed by atoms with van der Waals surface area (Å²) in [4.78, 5) is 40.7. The number of hydrogen-bond acceptors (Lipinski definition) is 6. The summed E-state index contributed by atoms with van der Waals surface area (Å²) in [5.41, 5.74) is -1.47. The molecule has 1 saturated heterocycles. The molecule has 1 aliphatic rings. The molecule has 1 amide bonds. The van der Waals surface area contributed by atoms with Crippen LogP contribution >= 0.6 is 0 Å². The third-order valence-electron chi connectivity index (χ3n) is 4.92. The van der Waals surface area contributed by atoms with Crippen molar-refractivity contribution in [1.29, 1.82) is 5.26 Å². The van der Waals surface area contributed by atoms with Gasteiger partial charge in [0, 0.05) is 24.9 Å². The monoisotopic (exact) mass is 436 g/mol. The summed E-state index contributed by atoms with van der Waals surface area (Å²) in [7, 11) is 0. The number of likely N-dealkylation sites (tertiary alicyclic amines) is 1. The smallest absolute Gasteiger partial charge is 0.320 e. The van der Waals surface area contributed by atoms with E-state index in [-0.39, 0.29) is 30.2 Å². The lowest BCUT2D eigenvalue weighted by atomic mass is 9.93. The van der Waals surface area contributed by atoms with E-state index in [0.717, 1.165) is 0 Å². The van der Waals surface area contributed by atoms with Gasteiger partial charge in [-0.15, -0.1) is 0 Å². The Balaban J connectivity index is 3.11. The molecule has 0 aromatic carbocycles. The molecule has 0 saturated carbocycles. The van der Waals surface area contributed by atoms with Gasteiger partial charge in [0.15, 0.2) is 5.92 Å². The van der Waals surface area contributed by atoms with E-state index in [4.69, 9.17) is 14.7 Å². The van der Waals surface area contributed by atoms with Crippen LogP contribution in [0.4, 0.5) is 0 Å². The molecule has 0 spiro atoms. The molecule has 176 valence electrons. The van der Waals surface area contributed by atoms with Crippen LogP contribution < -0.4 is 0 Å². The molecule has 1 heterocycles. The summed E-state index contributed by atoms with van der Waals surface area (Å²) in [5.74, 6) is -2.22. The second-order valence-corrected chi connectivity index (χ2v) is 10.9. The van der Waals surface area contributed by atoms with Gasteiger partial charge in [-0.2, -0.15) is 5.26 Å². The van der Waals surface area contributed by atoms with Gasteiger partial charge >= 0.3 is 11.9 Å². The number of ether oxygens (including phenoxy) is 2. The molecule has 0 unspecified atom stereocenters. The topological polar surface area (TPSA) is 96.7 Å². The largest absolute Gasteiger partial charge is 0.459 e. The summed E-state index contributed by atoms with van der Waals surface area (Å²) in [6.07, 6.45) is 2.46. The van der Waals surface area contributed by atoms with Crippen LogP contribution in [0.25, 0.3) is 0 Å². The number of amides is 1. The highest BCUT2D eigenvalue weighted by Gasteiger charge is 2.44. The number of nitrogens with zero attached hydrogens (tertiary/aromatic N) is 2. The van der Waals surface area contributed by atoms with E-state index in [1.165, 1.54) is 0 Å². The molecule has 2 atom stereocenters. The first-order chi connectivity index (χ1) is 14.1. The van der Waals surface area contributed by atoms with Crippen molar-refractivity contribution in [2.24, 2.45) is 17.8 Å². The van der Waals surface area contributed by atoms with Gasteiger partial charge in [-0.25, -0.2) is 0 Å². The second kappa shape index (κ2) is 11.0. The van der Waals surface area contributed by atoms with Crippen LogP contribution in [-0.4, -0.2) is 46.5 Å². The van der Waals surface area contributed by atoms with Crippen molar-refractivity contribution in [1.82, 2.24) is 4.90 Å². The lowest BCUT2D eigenvalue weighted by Crippen LogP contribution is -2.42. The van der Waals surface area contributed by atoms with Gasteiger partial charge in [0.05, 0.1) is 6.07 Å². The lowest BCUT2D eigenvalue weighted by molar-refractivity contribution is -0.175. The summed E-state index contributed by atoms with van der Waals surface area (Å²) >= 11 is 0. The van der Waals surface area contributed by atoms with Crippen LogP contribution in [0.1, 0.15) is 87.5 Å². The van der Waals surface area contributed by atoms with Crippen LogP contribution in [-0.2, 0) is 23.9 Å². The first-order valence-electron chi connectivity index (χ1n) is 11.3. The zero-order valence-corrected chi connectivity index (χ0v) is 20.5. The summed E-state index contributed by atoms with van der Waals surface area (Å²) in [5, 5.41) is 8.81. The Morgan fingerprint density at radius 3 is 2.03 bits per heavy atom. The van der Waals surface area contributed by atoms with Gasteiger partial charge in [-0.05, 0) is 73.1 Å². The number of carbonyl (C=O) groups excluding carboxylic acids is 3. The Morgan fingerprint density at radius 2 is 1.61 bits per heavy atom. The fourth-order valence-corrected chi connectivity index (χ4v) is 3.80. The van der Waals surface area contributed by atoms with Crippen molar-refractivity contribution in [3.8, 4) is 6.07 Å². The quantitative estimate of drug-likeness (QED) is 0.305. The highest BCUT2D eigenvalue weighted by molar-refractivity contribution is 5.95. The average Bonchev–Trinajstić information content (AvgIpc) is 2.85. The minimum Gasteiger partial charge on any atom is -0.459 e. The molecule has 0 bridgehead atoms. The minimum absolute atomic E-state index is 0.0452. The van der Waals surface area contributed by atoms with Gasteiger partial charge in [-0.1, -0.05) is 13.8 Å². The minimum atomic E-state index is -1.09. The van der Waals surface area contributed by atoms with Crippen molar-refractivity contribution in [2.45, 2.75) is 105 Å². The van der Waals surface area contributed by atoms with E-state index >= 15 is 0 Å². The Labute approximate surface area is 187 Å². The standard InChI is InChI=1S/C24H40N2O5/c1-16(2)15-26-18(13-17(20(26)27)11-9-10-12-25)14-19(21(28)30-23(3,4)5)22(29)31-24(6,7)8/h16-19H,9-11,13-15H2,1-8H3/t17-,18+/m1/s1. The van der Waals surface area contributed by atoms with Crippen LogP contribution in [0.5, 0.6) is 0 Å². The molecule has 1 fully saturated rings. The van der Waals surface area contributed by atoms with Crippen molar-refractivity contribution in [3.63, 3.8) is 0 Å². The number of esters is 2. The van der Waals surface area contributed by atoms with E-state index in [2.05, 4.69) is 6.07 Å². The van der Waals surface area contributed by atoms with Crippen molar-refractivity contribution in [3.05, 3.63) is 0 Å². The summed E-state index contributed by atoms with van der Waals surface area (Å²) in [6.45, 7) is 15.2. The molecule has 7 nitrogen and oxygen atoms in total. The predicted octanol–water partition coefficient (Wildman–Crippen LogP) is 4.24. The van der Waals surface area contributed by atoms with Crippen LogP contribution in [0, 0.1) is 29.1 Å². The summed E-state index contributed by atoms with van der Waals surface area (Å²) in [6, 6.07) is 1.88. The highest BCUT2D eigenvalue weighted by Crippen LogP contribution is 2.34.